The molecule has 21 heavy (non-hydrogen) atoms. The van der Waals surface area contributed by atoms with E-state index in [4.69, 9.17) is 9.84 Å². The second-order valence-electron chi connectivity index (χ2n) is 4.39. The number of nitrogens with zero attached hydrogens (tertiary/aromatic N) is 4. The van der Waals surface area contributed by atoms with E-state index < -0.39 is 12.1 Å². The highest BCUT2D eigenvalue weighted by Crippen LogP contribution is 2.07. The Bertz CT molecular complexity index is 669. The Kier molecular flexibility index (Phi) is 4.43. The van der Waals surface area contributed by atoms with Crippen molar-refractivity contribution in [3.63, 3.8) is 0 Å². The van der Waals surface area contributed by atoms with Gasteiger partial charge < -0.3 is 15.2 Å². The summed E-state index contributed by atoms with van der Waals surface area (Å²) in [6.45, 7) is 1.82. The number of ether oxygens (including phenoxy) is 1. The van der Waals surface area contributed by atoms with Crippen molar-refractivity contribution in [2.75, 3.05) is 13.7 Å². The molecule has 0 aromatic carbocycles. The molecule has 0 aliphatic rings. The van der Waals surface area contributed by atoms with Crippen LogP contribution in [-0.2, 0) is 9.53 Å². The molecule has 0 aliphatic heterocycles. The Morgan fingerprint density at radius 2 is 2.24 bits per heavy atom. The molecule has 1 unspecified atom stereocenters. The number of hydrogen-bond acceptors (Lipinski definition) is 6. The SMILES string of the molecule is COC(CNC(=O)c1cnc2ncnn2c1C)CC(=O)O. The minimum atomic E-state index is -0.988. The molecule has 2 rings (SSSR count). The van der Waals surface area contributed by atoms with Crippen molar-refractivity contribution in [1.29, 1.82) is 0 Å². The van der Waals surface area contributed by atoms with Crippen LogP contribution >= 0.6 is 0 Å². The van der Waals surface area contributed by atoms with E-state index in [-0.39, 0.29) is 18.9 Å². The maximum atomic E-state index is 12.1. The minimum Gasteiger partial charge on any atom is -0.481 e. The molecule has 2 aromatic rings. The van der Waals surface area contributed by atoms with Crippen molar-refractivity contribution in [3.05, 3.63) is 23.8 Å². The topological polar surface area (TPSA) is 119 Å². The summed E-state index contributed by atoms with van der Waals surface area (Å²) in [4.78, 5) is 30.7. The average Bonchev–Trinajstić information content (AvgIpc) is 2.92. The summed E-state index contributed by atoms with van der Waals surface area (Å²) in [5.74, 6) is -0.951. The predicted molar refractivity (Wildman–Crippen MR) is 70.9 cm³/mol. The summed E-state index contributed by atoms with van der Waals surface area (Å²) in [5, 5.41) is 15.3. The molecule has 2 N–H and O–H groups in total. The summed E-state index contributed by atoms with van der Waals surface area (Å²) in [6, 6.07) is 0. The lowest BCUT2D eigenvalue weighted by molar-refractivity contribution is -0.139. The number of nitrogens with one attached hydrogen (secondary N) is 1. The van der Waals surface area contributed by atoms with Gasteiger partial charge >= 0.3 is 5.97 Å². The first-order valence-corrected chi connectivity index (χ1v) is 6.21. The zero-order valence-corrected chi connectivity index (χ0v) is 11.6. The number of carboxylic acid groups (broad SMARTS) is 1. The van der Waals surface area contributed by atoms with Crippen molar-refractivity contribution < 1.29 is 19.4 Å². The predicted octanol–water partition coefficient (Wildman–Crippen LogP) is -0.348. The quantitative estimate of drug-likeness (QED) is 0.747. The summed E-state index contributed by atoms with van der Waals surface area (Å²) >= 11 is 0. The van der Waals surface area contributed by atoms with Crippen molar-refractivity contribution in [1.82, 2.24) is 24.9 Å². The fourth-order valence-corrected chi connectivity index (χ4v) is 1.85. The molecule has 9 heteroatoms. The number of aliphatic carboxylic acids is 1. The molecule has 0 bridgehead atoms. The molecule has 0 radical (unpaired) electrons. The summed E-state index contributed by atoms with van der Waals surface area (Å²) in [7, 11) is 1.40. The van der Waals surface area contributed by atoms with Crippen LogP contribution in [-0.4, -0.2) is 56.3 Å². The highest BCUT2D eigenvalue weighted by atomic mass is 16.5. The lowest BCUT2D eigenvalue weighted by Gasteiger charge is -2.14. The normalized spacial score (nSPS) is 12.3. The van der Waals surface area contributed by atoms with Crippen LogP contribution in [0.25, 0.3) is 5.78 Å². The van der Waals surface area contributed by atoms with E-state index in [0.717, 1.165) is 0 Å². The highest BCUT2D eigenvalue weighted by molar-refractivity contribution is 5.95. The number of hydrogen-bond donors (Lipinski definition) is 2. The summed E-state index contributed by atoms with van der Waals surface area (Å²) < 4.78 is 6.46. The van der Waals surface area contributed by atoms with Gasteiger partial charge in [-0.1, -0.05) is 0 Å². The lowest BCUT2D eigenvalue weighted by Crippen LogP contribution is -2.35. The average molecular weight is 293 g/mol. The molecule has 0 saturated heterocycles. The largest absolute Gasteiger partial charge is 0.481 e. The van der Waals surface area contributed by atoms with Crippen LogP contribution in [0, 0.1) is 6.92 Å². The van der Waals surface area contributed by atoms with Gasteiger partial charge in [0.2, 0.25) is 0 Å². The van der Waals surface area contributed by atoms with E-state index in [0.29, 0.717) is 17.0 Å². The zero-order valence-electron chi connectivity index (χ0n) is 11.6. The number of rotatable bonds is 6. The van der Waals surface area contributed by atoms with Gasteiger partial charge in [-0.25, -0.2) is 9.50 Å². The van der Waals surface area contributed by atoms with Crippen LogP contribution in [0.4, 0.5) is 0 Å². The molecule has 0 aliphatic carbocycles. The van der Waals surface area contributed by atoms with Crippen molar-refractivity contribution in [3.8, 4) is 0 Å². The molecule has 0 spiro atoms. The number of amides is 1. The van der Waals surface area contributed by atoms with Gasteiger partial charge in [0.15, 0.2) is 0 Å². The number of methoxy groups -OCH3 is 1. The fourth-order valence-electron chi connectivity index (χ4n) is 1.85. The van der Waals surface area contributed by atoms with Crippen LogP contribution in [0.5, 0.6) is 0 Å². The van der Waals surface area contributed by atoms with E-state index in [2.05, 4.69) is 20.4 Å². The molecule has 112 valence electrons. The number of aromatic nitrogens is 4. The van der Waals surface area contributed by atoms with Crippen LogP contribution in [0.1, 0.15) is 22.5 Å². The Labute approximate surface area is 120 Å². The fraction of sp³-hybridized carbons (Fsp3) is 0.417. The number of fused-ring (bicyclic) bond motifs is 1. The van der Waals surface area contributed by atoms with Gasteiger partial charge in [0.05, 0.1) is 23.8 Å². The third-order valence-corrected chi connectivity index (χ3v) is 3.02. The van der Waals surface area contributed by atoms with Gasteiger partial charge in [0.1, 0.15) is 6.33 Å². The van der Waals surface area contributed by atoms with E-state index in [1.54, 1.807) is 6.92 Å². The molecule has 1 atom stereocenters. The van der Waals surface area contributed by atoms with E-state index in [1.807, 2.05) is 0 Å². The Hall–Kier alpha value is -2.55. The Balaban J connectivity index is 2.08. The minimum absolute atomic E-state index is 0.0937. The van der Waals surface area contributed by atoms with Gasteiger partial charge in [-0.2, -0.15) is 10.1 Å². The Morgan fingerprint density at radius 3 is 2.90 bits per heavy atom. The van der Waals surface area contributed by atoms with Crippen LogP contribution < -0.4 is 5.32 Å². The highest BCUT2D eigenvalue weighted by Gasteiger charge is 2.17. The van der Waals surface area contributed by atoms with Crippen molar-refractivity contribution in [2.45, 2.75) is 19.4 Å². The molecule has 0 saturated carbocycles. The smallest absolute Gasteiger partial charge is 0.306 e. The van der Waals surface area contributed by atoms with Crippen molar-refractivity contribution >= 4 is 17.7 Å². The molecule has 2 aromatic heterocycles. The number of carboxylic acids is 1. The second kappa shape index (κ2) is 6.27. The van der Waals surface area contributed by atoms with Gasteiger partial charge in [-0.15, -0.1) is 0 Å². The van der Waals surface area contributed by atoms with Gasteiger partial charge in [-0.3, -0.25) is 9.59 Å². The molecular weight excluding hydrogens is 278 g/mol. The van der Waals surface area contributed by atoms with Crippen LogP contribution in [0.3, 0.4) is 0 Å². The Morgan fingerprint density at radius 1 is 1.48 bits per heavy atom. The maximum Gasteiger partial charge on any atom is 0.306 e. The second-order valence-corrected chi connectivity index (χ2v) is 4.39. The lowest BCUT2D eigenvalue weighted by atomic mass is 10.2. The van der Waals surface area contributed by atoms with Gasteiger partial charge in [0.25, 0.3) is 11.7 Å². The molecule has 1 amide bonds. The molecule has 9 nitrogen and oxygen atoms in total. The van der Waals surface area contributed by atoms with Crippen LogP contribution in [0.2, 0.25) is 0 Å². The molecular formula is C12H15N5O4. The van der Waals surface area contributed by atoms with Crippen LogP contribution in [0.15, 0.2) is 12.5 Å². The van der Waals surface area contributed by atoms with Crippen molar-refractivity contribution in [2.24, 2.45) is 0 Å². The van der Waals surface area contributed by atoms with Gasteiger partial charge in [0, 0.05) is 19.9 Å². The van der Waals surface area contributed by atoms with E-state index in [9.17, 15) is 9.59 Å². The molecule has 0 fully saturated rings. The first kappa shape index (κ1) is 14.9. The third-order valence-electron chi connectivity index (χ3n) is 3.02. The standard InChI is InChI=1S/C12H15N5O4/c1-7-9(5-14-12-15-6-16-17(7)12)11(20)13-4-8(21-2)3-10(18)19/h5-6,8H,3-4H2,1-2H3,(H,13,20)(H,18,19). The monoisotopic (exact) mass is 293 g/mol. The van der Waals surface area contributed by atoms with E-state index >= 15 is 0 Å². The number of carbonyl (C=O) groups excluding carboxylic acids is 1. The number of carbonyl (C=O) groups is 2. The molecule has 2 heterocycles. The summed E-state index contributed by atoms with van der Waals surface area (Å²) in [5.41, 5.74) is 0.945. The number of aryl methyl sites for hydroxylation is 1. The third kappa shape index (κ3) is 3.31. The first-order valence-electron chi connectivity index (χ1n) is 6.21. The summed E-state index contributed by atoms with van der Waals surface area (Å²) in [6.07, 6.45) is 1.99. The maximum absolute atomic E-state index is 12.1. The first-order chi connectivity index (χ1) is 10.0. The van der Waals surface area contributed by atoms with E-state index in [1.165, 1.54) is 24.1 Å². The zero-order chi connectivity index (χ0) is 15.4. The van der Waals surface area contributed by atoms with Gasteiger partial charge in [-0.05, 0) is 6.92 Å².